The maximum absolute atomic E-state index is 11.7. The Morgan fingerprint density at radius 3 is 2.65 bits per heavy atom. The second kappa shape index (κ2) is 6.28. The average Bonchev–Trinajstić information content (AvgIpc) is 2.78. The number of sulfone groups is 1. The SMILES string of the molecule is CC(CNc1snc(N)c1S(C)(=O)=O)N1CCCCC1. The molecule has 1 saturated heterocycles. The molecule has 0 aromatic carbocycles. The van der Waals surface area contributed by atoms with Gasteiger partial charge in [-0.05, 0) is 44.4 Å². The molecule has 0 spiro atoms. The zero-order chi connectivity index (χ0) is 14.8. The number of nitrogens with one attached hydrogen (secondary N) is 1. The van der Waals surface area contributed by atoms with Crippen LogP contribution in [0.25, 0.3) is 0 Å². The van der Waals surface area contributed by atoms with Crippen LogP contribution in [0.4, 0.5) is 10.8 Å². The molecule has 0 saturated carbocycles. The van der Waals surface area contributed by atoms with Crippen molar-refractivity contribution in [2.75, 3.05) is 36.9 Å². The lowest BCUT2D eigenvalue weighted by atomic mass is 10.1. The third-order valence-corrected chi connectivity index (χ3v) is 5.72. The van der Waals surface area contributed by atoms with Gasteiger partial charge in [-0.25, -0.2) is 8.42 Å². The number of nitrogen functional groups attached to an aromatic ring is 1. The van der Waals surface area contributed by atoms with Crippen molar-refractivity contribution in [3.8, 4) is 0 Å². The summed E-state index contributed by atoms with van der Waals surface area (Å²) in [5, 5.41) is 3.74. The molecule has 114 valence electrons. The fourth-order valence-corrected chi connectivity index (χ4v) is 4.57. The Morgan fingerprint density at radius 1 is 1.40 bits per heavy atom. The number of hydrogen-bond acceptors (Lipinski definition) is 7. The lowest BCUT2D eigenvalue weighted by Gasteiger charge is -2.32. The normalized spacial score (nSPS) is 18.9. The van der Waals surface area contributed by atoms with Gasteiger partial charge >= 0.3 is 0 Å². The van der Waals surface area contributed by atoms with Gasteiger partial charge in [-0.3, -0.25) is 4.90 Å². The second-order valence-corrected chi connectivity index (χ2v) is 8.05. The minimum absolute atomic E-state index is 0.0885. The Kier molecular flexibility index (Phi) is 4.87. The van der Waals surface area contributed by atoms with Crippen molar-refractivity contribution >= 4 is 32.2 Å². The number of nitrogens with two attached hydrogens (primary N) is 1. The van der Waals surface area contributed by atoms with Crippen LogP contribution in [-0.2, 0) is 9.84 Å². The summed E-state index contributed by atoms with van der Waals surface area (Å²) in [6.45, 7) is 5.09. The molecule has 20 heavy (non-hydrogen) atoms. The molecule has 2 rings (SSSR count). The topological polar surface area (TPSA) is 88.3 Å². The zero-order valence-electron chi connectivity index (χ0n) is 11.9. The minimum Gasteiger partial charge on any atom is -0.382 e. The van der Waals surface area contributed by atoms with Crippen molar-refractivity contribution in [2.24, 2.45) is 0 Å². The van der Waals surface area contributed by atoms with Crippen LogP contribution < -0.4 is 11.1 Å². The molecule has 1 atom stereocenters. The number of likely N-dealkylation sites (tertiary alicyclic amines) is 1. The molecule has 2 heterocycles. The Labute approximate surface area is 124 Å². The third-order valence-electron chi connectivity index (χ3n) is 3.62. The van der Waals surface area contributed by atoms with Gasteiger partial charge in [0.1, 0.15) is 9.90 Å². The highest BCUT2D eigenvalue weighted by atomic mass is 32.2. The molecule has 6 nitrogen and oxygen atoms in total. The molecular weight excluding hydrogens is 296 g/mol. The van der Waals surface area contributed by atoms with Crippen LogP contribution in [0.15, 0.2) is 4.90 Å². The van der Waals surface area contributed by atoms with Crippen LogP contribution in [-0.4, -0.2) is 49.6 Å². The van der Waals surface area contributed by atoms with E-state index in [2.05, 4.69) is 21.5 Å². The van der Waals surface area contributed by atoms with E-state index in [1.165, 1.54) is 19.3 Å². The highest BCUT2D eigenvalue weighted by Gasteiger charge is 2.22. The van der Waals surface area contributed by atoms with Gasteiger partial charge in [0.2, 0.25) is 0 Å². The lowest BCUT2D eigenvalue weighted by molar-refractivity contribution is 0.180. The maximum Gasteiger partial charge on any atom is 0.182 e. The van der Waals surface area contributed by atoms with Crippen molar-refractivity contribution in [2.45, 2.75) is 37.1 Å². The van der Waals surface area contributed by atoms with Crippen LogP contribution in [0, 0.1) is 0 Å². The Hall–Kier alpha value is -0.860. The van der Waals surface area contributed by atoms with Crippen LogP contribution in [0.5, 0.6) is 0 Å². The molecule has 3 N–H and O–H groups in total. The van der Waals surface area contributed by atoms with Crippen molar-refractivity contribution in [1.82, 2.24) is 9.27 Å². The first-order valence-corrected chi connectivity index (χ1v) is 9.49. The van der Waals surface area contributed by atoms with E-state index in [1.54, 1.807) is 0 Å². The second-order valence-electron chi connectivity index (χ2n) is 5.32. The van der Waals surface area contributed by atoms with Gasteiger partial charge in [-0.1, -0.05) is 6.42 Å². The third kappa shape index (κ3) is 3.62. The first-order chi connectivity index (χ1) is 9.39. The maximum atomic E-state index is 11.7. The summed E-state index contributed by atoms with van der Waals surface area (Å²) in [6.07, 6.45) is 4.95. The predicted molar refractivity (Wildman–Crippen MR) is 83.0 cm³/mol. The summed E-state index contributed by atoms with van der Waals surface area (Å²) in [7, 11) is -3.35. The molecule has 0 amide bonds. The lowest BCUT2D eigenvalue weighted by Crippen LogP contribution is -2.41. The summed E-state index contributed by atoms with van der Waals surface area (Å²) in [5.41, 5.74) is 5.65. The van der Waals surface area contributed by atoms with E-state index >= 15 is 0 Å². The molecule has 1 aliphatic rings. The van der Waals surface area contributed by atoms with E-state index in [0.29, 0.717) is 17.6 Å². The highest BCUT2D eigenvalue weighted by Crippen LogP contribution is 2.31. The fraction of sp³-hybridized carbons (Fsp3) is 0.750. The van der Waals surface area contributed by atoms with Gasteiger partial charge in [-0.15, -0.1) is 0 Å². The first kappa shape index (κ1) is 15.5. The van der Waals surface area contributed by atoms with E-state index in [-0.39, 0.29) is 10.7 Å². The summed E-state index contributed by atoms with van der Waals surface area (Å²) in [6, 6.07) is 0.367. The monoisotopic (exact) mass is 318 g/mol. The van der Waals surface area contributed by atoms with Gasteiger partial charge in [0.25, 0.3) is 0 Å². The van der Waals surface area contributed by atoms with Crippen LogP contribution >= 0.6 is 11.5 Å². The Balaban J connectivity index is 2.00. The minimum atomic E-state index is -3.35. The zero-order valence-corrected chi connectivity index (χ0v) is 13.6. The Morgan fingerprint density at radius 2 is 2.05 bits per heavy atom. The Bertz CT molecular complexity index is 550. The van der Waals surface area contributed by atoms with Gasteiger partial charge in [-0.2, -0.15) is 4.37 Å². The van der Waals surface area contributed by atoms with Crippen LogP contribution in [0.2, 0.25) is 0 Å². The molecule has 0 bridgehead atoms. The van der Waals surface area contributed by atoms with Crippen molar-refractivity contribution in [1.29, 1.82) is 0 Å². The van der Waals surface area contributed by atoms with E-state index in [0.717, 1.165) is 30.9 Å². The van der Waals surface area contributed by atoms with Gasteiger partial charge in [0, 0.05) is 18.8 Å². The molecule has 1 unspecified atom stereocenters. The van der Waals surface area contributed by atoms with E-state index in [1.807, 2.05) is 0 Å². The number of anilines is 2. The number of rotatable bonds is 5. The van der Waals surface area contributed by atoms with E-state index < -0.39 is 9.84 Å². The van der Waals surface area contributed by atoms with Crippen LogP contribution in [0.3, 0.4) is 0 Å². The smallest absolute Gasteiger partial charge is 0.182 e. The number of hydrogen-bond donors (Lipinski definition) is 2. The van der Waals surface area contributed by atoms with Gasteiger partial charge < -0.3 is 11.1 Å². The molecule has 1 aromatic heterocycles. The van der Waals surface area contributed by atoms with Crippen molar-refractivity contribution in [3.05, 3.63) is 0 Å². The largest absolute Gasteiger partial charge is 0.382 e. The average molecular weight is 318 g/mol. The molecule has 8 heteroatoms. The van der Waals surface area contributed by atoms with Gasteiger partial charge in [0.05, 0.1) is 0 Å². The molecule has 0 radical (unpaired) electrons. The van der Waals surface area contributed by atoms with E-state index in [9.17, 15) is 8.42 Å². The standard InChI is InChI=1S/C12H22N4O2S2/c1-9(16-6-4-3-5-7-16)8-14-12-10(20(2,17)18)11(13)15-19-12/h9,14H,3-8H2,1-2H3,(H2,13,15). The summed E-state index contributed by atoms with van der Waals surface area (Å²) < 4.78 is 27.4. The van der Waals surface area contributed by atoms with Crippen LogP contribution in [0.1, 0.15) is 26.2 Å². The molecule has 1 fully saturated rings. The highest BCUT2D eigenvalue weighted by molar-refractivity contribution is 7.91. The van der Waals surface area contributed by atoms with Crippen molar-refractivity contribution < 1.29 is 8.42 Å². The summed E-state index contributed by atoms with van der Waals surface area (Å²) >= 11 is 1.11. The number of piperidine rings is 1. The quantitative estimate of drug-likeness (QED) is 0.853. The molecule has 1 aromatic rings. The molecule has 0 aliphatic carbocycles. The predicted octanol–water partition coefficient (Wildman–Crippen LogP) is 1.42. The molecular formula is C12H22N4O2S2. The molecule has 1 aliphatic heterocycles. The summed E-state index contributed by atoms with van der Waals surface area (Å²) in [5.74, 6) is 0.0885. The summed E-state index contributed by atoms with van der Waals surface area (Å²) in [4.78, 5) is 2.56. The fourth-order valence-electron chi connectivity index (χ4n) is 2.49. The van der Waals surface area contributed by atoms with E-state index in [4.69, 9.17) is 5.73 Å². The number of nitrogens with zero attached hydrogens (tertiary/aromatic N) is 2. The number of aromatic nitrogens is 1. The first-order valence-electron chi connectivity index (χ1n) is 6.82. The van der Waals surface area contributed by atoms with Gasteiger partial charge in [0.15, 0.2) is 15.7 Å². The van der Waals surface area contributed by atoms with Crippen molar-refractivity contribution in [3.63, 3.8) is 0 Å².